The zero-order chi connectivity index (χ0) is 49.6. The van der Waals surface area contributed by atoms with Gasteiger partial charge in [0.15, 0.2) is 8.07 Å². The zero-order valence-corrected chi connectivity index (χ0v) is 45.6. The summed E-state index contributed by atoms with van der Waals surface area (Å²) in [6.45, 7) is 5.54. The van der Waals surface area contributed by atoms with Crippen molar-refractivity contribution in [2.24, 2.45) is 0 Å². The molecule has 0 spiro atoms. The van der Waals surface area contributed by atoms with E-state index >= 15 is 0 Å². The molecule has 1 fully saturated rings. The minimum absolute atomic E-state index is 0.105. The highest BCUT2D eigenvalue weighted by Gasteiger charge is 2.55. The first-order valence-electron chi connectivity index (χ1n) is 28.7. The summed E-state index contributed by atoms with van der Waals surface area (Å²) in [7, 11) is -5.58. The van der Waals surface area contributed by atoms with Gasteiger partial charge in [0, 0.05) is 56.9 Å². The van der Waals surface area contributed by atoms with Gasteiger partial charge in [-0.15, -0.1) is 0 Å². The van der Waals surface area contributed by atoms with E-state index in [0.29, 0.717) is 12.0 Å². The predicted molar refractivity (Wildman–Crippen MR) is 323 cm³/mol. The molecule has 3 aliphatic carbocycles. The topological polar surface area (TPSA) is 13.1 Å². The van der Waals surface area contributed by atoms with Crippen LogP contribution in [-0.4, -0.2) is 38.0 Å². The molecule has 6 aliphatic rings. The lowest BCUT2D eigenvalue weighted by Gasteiger charge is -2.49. The Morgan fingerprint density at radius 3 is 1.61 bits per heavy atom. The molecule has 6 heteroatoms. The molecule has 0 radical (unpaired) electrons. The molecule has 5 heterocycles. The second kappa shape index (κ2) is 16.8. The number of hydrogen-bond donors (Lipinski definition) is 0. The van der Waals surface area contributed by atoms with E-state index in [0.717, 1.165) is 19.3 Å². The first-order valence-corrected chi connectivity index (χ1v) is 33.7. The average Bonchev–Trinajstić information content (AvgIpc) is 4.09. The molecule has 1 saturated carbocycles. The van der Waals surface area contributed by atoms with Gasteiger partial charge in [-0.2, -0.15) is 0 Å². The summed E-state index contributed by atoms with van der Waals surface area (Å²) in [5, 5.41) is 12.2. The zero-order valence-electron chi connectivity index (χ0n) is 43.6. The third-order valence-corrected chi connectivity index (χ3v) is 28.2. The van der Waals surface area contributed by atoms with Crippen LogP contribution in [0.1, 0.15) is 91.8 Å². The van der Waals surface area contributed by atoms with Gasteiger partial charge in [-0.25, -0.2) is 0 Å². The van der Waals surface area contributed by atoms with Crippen LogP contribution >= 0.6 is 0 Å². The molecule has 366 valence electrons. The second-order valence-electron chi connectivity index (χ2n) is 23.7. The van der Waals surface area contributed by atoms with Gasteiger partial charge in [0.1, 0.15) is 8.07 Å². The summed E-state index contributed by atoms with van der Waals surface area (Å²) < 4.78 is 5.38. The van der Waals surface area contributed by atoms with Crippen molar-refractivity contribution >= 4 is 104 Å². The molecule has 0 bridgehead atoms. The molecule has 10 aromatic rings. The molecule has 2 aromatic heterocycles. The fourth-order valence-corrected chi connectivity index (χ4v) is 25.3. The number of rotatable bonds is 5. The van der Waals surface area contributed by atoms with E-state index < -0.39 is 16.1 Å². The van der Waals surface area contributed by atoms with Crippen LogP contribution in [0.2, 0.25) is 13.1 Å². The number of para-hydroxylation sites is 3. The lowest BCUT2D eigenvalue weighted by atomic mass is 9.36. The quantitative estimate of drug-likeness (QED) is 0.157. The summed E-state index contributed by atoms with van der Waals surface area (Å²) in [4.78, 5) is 2.89. The monoisotopic (exact) mass is 1000 g/mol. The summed E-state index contributed by atoms with van der Waals surface area (Å²) in [5.41, 5.74) is 20.6. The molecule has 0 saturated heterocycles. The Kier molecular flexibility index (Phi) is 9.97. The highest BCUT2D eigenvalue weighted by molar-refractivity contribution is 7.28. The van der Waals surface area contributed by atoms with E-state index in [1.165, 1.54) is 141 Å². The van der Waals surface area contributed by atoms with Crippen molar-refractivity contribution in [3.05, 3.63) is 210 Å². The number of fused-ring (bicyclic) bond motifs is 13. The number of hydrogen-bond acceptors (Lipinski definition) is 1. The van der Waals surface area contributed by atoms with Gasteiger partial charge in [-0.3, -0.25) is 0 Å². The lowest BCUT2D eigenvalue weighted by molar-refractivity contribution is 0.529. The summed E-state index contributed by atoms with van der Waals surface area (Å²) in [6.07, 6.45) is 16.1. The maximum Gasteiger partial charge on any atom is 0.240 e. The van der Waals surface area contributed by atoms with Crippen LogP contribution in [0, 0.1) is 0 Å². The Morgan fingerprint density at radius 2 is 0.960 bits per heavy atom. The van der Waals surface area contributed by atoms with Crippen molar-refractivity contribution in [2.75, 3.05) is 4.90 Å². The van der Waals surface area contributed by atoms with Crippen molar-refractivity contribution in [1.29, 1.82) is 0 Å². The maximum absolute atomic E-state index is 3.11. The fraction of sp³-hybridized carbons (Fsp3) is 0.246. The molecular formula is C69H64BN3Si2. The second-order valence-corrected chi connectivity index (χ2v) is 31.8. The molecule has 16 rings (SSSR count). The SMILES string of the molecule is C[Si]1(C)c2cc(-n3c4c(c5ccccc53)CCCC4)ccc2B2c3ccc(-n4c5c(c6ccccc64)CCCC5)cc3[Si](c3ccccc3)(c3ccccc3)c3cc(N4c5ccccc5C5CCCCCC54)cc1c32. The van der Waals surface area contributed by atoms with Crippen molar-refractivity contribution < 1.29 is 0 Å². The summed E-state index contributed by atoms with van der Waals surface area (Å²) in [6, 6.07) is 73.8. The fourth-order valence-electron chi connectivity index (χ4n) is 16.7. The Morgan fingerprint density at radius 1 is 0.440 bits per heavy atom. The van der Waals surface area contributed by atoms with Crippen molar-refractivity contribution in [3.8, 4) is 11.4 Å². The molecule has 8 aromatic carbocycles. The number of benzene rings is 8. The minimum Gasteiger partial charge on any atom is -0.338 e. The Bertz CT molecular complexity index is 3920. The molecule has 0 N–H and O–H groups in total. The van der Waals surface area contributed by atoms with Crippen LogP contribution in [0.3, 0.4) is 0 Å². The molecule has 3 nitrogen and oxygen atoms in total. The third-order valence-electron chi connectivity index (χ3n) is 19.8. The van der Waals surface area contributed by atoms with Gasteiger partial charge < -0.3 is 14.0 Å². The lowest BCUT2D eigenvalue weighted by Crippen LogP contribution is -2.92. The molecule has 3 aliphatic heterocycles. The highest BCUT2D eigenvalue weighted by atomic mass is 28.3. The van der Waals surface area contributed by atoms with E-state index in [2.05, 4.69) is 209 Å². The summed E-state index contributed by atoms with van der Waals surface area (Å²) in [5.74, 6) is 0.551. The van der Waals surface area contributed by atoms with Crippen molar-refractivity contribution in [3.63, 3.8) is 0 Å². The number of aromatic nitrogens is 2. The van der Waals surface area contributed by atoms with Gasteiger partial charge in [0.05, 0.1) is 11.0 Å². The van der Waals surface area contributed by atoms with Gasteiger partial charge >= 0.3 is 0 Å². The number of nitrogens with zero attached hydrogens (tertiary/aromatic N) is 3. The van der Waals surface area contributed by atoms with E-state index in [9.17, 15) is 0 Å². The highest BCUT2D eigenvalue weighted by Crippen LogP contribution is 2.50. The Balaban J connectivity index is 1.03. The van der Waals surface area contributed by atoms with E-state index in [1.54, 1.807) is 42.9 Å². The first-order chi connectivity index (χ1) is 37.0. The van der Waals surface area contributed by atoms with Gasteiger partial charge in [-0.1, -0.05) is 187 Å². The Hall–Kier alpha value is -6.86. The first kappa shape index (κ1) is 44.4. The van der Waals surface area contributed by atoms with E-state index in [1.807, 2.05) is 0 Å². The third kappa shape index (κ3) is 6.21. The molecule has 2 unspecified atom stereocenters. The molecular weight excluding hydrogens is 938 g/mol. The van der Waals surface area contributed by atoms with Crippen LogP contribution in [0.25, 0.3) is 33.2 Å². The normalized spacial score (nSPS) is 19.6. The van der Waals surface area contributed by atoms with Gasteiger partial charge in [0.2, 0.25) is 6.71 Å². The smallest absolute Gasteiger partial charge is 0.240 e. The summed E-state index contributed by atoms with van der Waals surface area (Å²) >= 11 is 0. The van der Waals surface area contributed by atoms with Crippen molar-refractivity contribution in [1.82, 2.24) is 9.13 Å². The largest absolute Gasteiger partial charge is 0.338 e. The minimum atomic E-state index is -3.11. The molecule has 2 atom stereocenters. The standard InChI is InChI=1S/C69H64BN3Si2/c1-74(2)65-42-46(71-59-33-17-12-27-52(59)53-28-13-18-34-60(53)71)38-40-57(65)70-58-41-39-47(72-61-35-19-14-29-54(61)55-30-15-20-36-62(55)72)43-66(58)75(49-22-6-3-7-23-49,50-24-8-4-9-25-50)68-45-48(44-67(74)69(68)70)73-63-32-11-5-10-26-51(63)56-31-16-21-37-64(56)73/h3-4,6-9,12,14,16-17,19,21-25,27,29,31,33,35,37-45,51,63H,5,10-11,13,15,18,20,26,28,30,32,34,36H2,1-2H3. The van der Waals surface area contributed by atoms with Gasteiger partial charge in [-0.05, 0) is 156 Å². The van der Waals surface area contributed by atoms with E-state index in [4.69, 9.17) is 0 Å². The molecule has 0 amide bonds. The van der Waals surface area contributed by atoms with Crippen LogP contribution in [0.5, 0.6) is 0 Å². The number of aryl methyl sites for hydroxylation is 2. The Labute approximate surface area is 445 Å². The van der Waals surface area contributed by atoms with Crippen LogP contribution in [0.4, 0.5) is 11.4 Å². The average molecular weight is 1000 g/mol. The predicted octanol–water partition coefficient (Wildman–Crippen LogP) is 10.2. The maximum atomic E-state index is 2.89. The van der Waals surface area contributed by atoms with Crippen LogP contribution in [0.15, 0.2) is 182 Å². The van der Waals surface area contributed by atoms with Gasteiger partial charge in [0.25, 0.3) is 0 Å². The number of anilines is 2. The van der Waals surface area contributed by atoms with Crippen LogP contribution in [-0.2, 0) is 25.7 Å². The molecule has 75 heavy (non-hydrogen) atoms. The van der Waals surface area contributed by atoms with Crippen molar-refractivity contribution in [2.45, 2.75) is 109 Å². The van der Waals surface area contributed by atoms with Crippen LogP contribution < -0.4 is 52.4 Å². The van der Waals surface area contributed by atoms with E-state index in [-0.39, 0.29) is 6.71 Å².